The Morgan fingerprint density at radius 2 is 1.88 bits per heavy atom. The number of nitrogens with zero attached hydrogens (tertiary/aromatic N) is 1. The molecule has 2 aromatic rings. The van der Waals surface area contributed by atoms with Crippen LogP contribution in [-0.4, -0.2) is 37.2 Å². The summed E-state index contributed by atoms with van der Waals surface area (Å²) in [5.41, 5.74) is 5.77. The summed E-state index contributed by atoms with van der Waals surface area (Å²) in [6.45, 7) is 6.92. The summed E-state index contributed by atoms with van der Waals surface area (Å²) >= 11 is 0. The molecule has 0 aromatic heterocycles. The molecule has 2 aromatic carbocycles. The average molecular weight is 450 g/mol. The molecule has 0 saturated heterocycles. The third kappa shape index (κ3) is 6.59. The van der Waals surface area contributed by atoms with E-state index in [0.29, 0.717) is 43.4 Å². The van der Waals surface area contributed by atoms with E-state index in [4.69, 9.17) is 10.1 Å². The molecule has 1 aliphatic carbocycles. The van der Waals surface area contributed by atoms with Crippen LogP contribution in [0.5, 0.6) is 5.75 Å². The van der Waals surface area contributed by atoms with Gasteiger partial charge in [-0.1, -0.05) is 38.1 Å². The van der Waals surface area contributed by atoms with Gasteiger partial charge < -0.3 is 15.0 Å². The van der Waals surface area contributed by atoms with E-state index in [9.17, 15) is 4.79 Å². The zero-order chi connectivity index (χ0) is 24.0. The Hall–Kier alpha value is -2.82. The minimum Gasteiger partial charge on any atom is -0.493 e. The van der Waals surface area contributed by atoms with E-state index >= 15 is 0 Å². The lowest BCUT2D eigenvalue weighted by Crippen LogP contribution is -2.22. The quantitative estimate of drug-likeness (QED) is 0.335. The zero-order valence-electron chi connectivity index (χ0n) is 20.8. The van der Waals surface area contributed by atoms with Crippen molar-refractivity contribution in [1.29, 1.82) is 5.41 Å². The van der Waals surface area contributed by atoms with E-state index in [1.807, 2.05) is 25.9 Å². The topological polar surface area (TPSA) is 65.4 Å². The molecule has 1 atom stereocenters. The number of likely N-dealkylation sites (N-methyl/N-ethyl adjacent to an activating group) is 1. The van der Waals surface area contributed by atoms with Crippen molar-refractivity contribution in [3.05, 3.63) is 58.7 Å². The Balaban J connectivity index is 1.72. The van der Waals surface area contributed by atoms with Crippen LogP contribution in [0.1, 0.15) is 68.3 Å². The summed E-state index contributed by atoms with van der Waals surface area (Å²) in [5, 5.41) is 11.7. The fourth-order valence-corrected chi connectivity index (χ4v) is 4.36. The number of amidine groups is 1. The Kier molecular flexibility index (Phi) is 8.54. The highest BCUT2D eigenvalue weighted by atomic mass is 16.5. The molecular formula is C28H39N3O2. The molecule has 1 unspecified atom stereocenters. The molecule has 0 bridgehead atoms. The Morgan fingerprint density at radius 1 is 1.15 bits per heavy atom. The maximum atomic E-state index is 12.5. The van der Waals surface area contributed by atoms with Crippen molar-refractivity contribution in [3.63, 3.8) is 0 Å². The highest BCUT2D eigenvalue weighted by Gasteiger charge is 2.27. The Labute approximate surface area is 199 Å². The number of nitrogens with one attached hydrogen (secondary N) is 2. The van der Waals surface area contributed by atoms with E-state index in [1.165, 1.54) is 11.1 Å². The number of benzene rings is 2. The number of ether oxygens (including phenoxy) is 1. The van der Waals surface area contributed by atoms with E-state index in [-0.39, 0.29) is 6.04 Å². The van der Waals surface area contributed by atoms with Gasteiger partial charge in [-0.2, -0.15) is 0 Å². The van der Waals surface area contributed by atoms with E-state index in [1.54, 1.807) is 0 Å². The molecular weight excluding hydrogens is 410 g/mol. The summed E-state index contributed by atoms with van der Waals surface area (Å²) in [6, 6.07) is 12.9. The summed E-state index contributed by atoms with van der Waals surface area (Å²) in [5.74, 6) is 2.36. The smallest absolute Gasteiger partial charge is 0.137 e. The van der Waals surface area contributed by atoms with Crippen molar-refractivity contribution in [2.45, 2.75) is 65.3 Å². The van der Waals surface area contributed by atoms with Gasteiger partial charge in [0.15, 0.2) is 0 Å². The van der Waals surface area contributed by atoms with Gasteiger partial charge in [0, 0.05) is 44.6 Å². The number of rotatable bonds is 11. The lowest BCUT2D eigenvalue weighted by molar-refractivity contribution is -0.118. The number of ketones is 1. The first-order chi connectivity index (χ1) is 15.8. The van der Waals surface area contributed by atoms with Crippen molar-refractivity contribution < 1.29 is 9.53 Å². The summed E-state index contributed by atoms with van der Waals surface area (Å²) < 4.78 is 6.07. The summed E-state index contributed by atoms with van der Waals surface area (Å²) in [6.07, 6.45) is 4.62. The van der Waals surface area contributed by atoms with E-state index < -0.39 is 0 Å². The molecule has 5 heteroatoms. The van der Waals surface area contributed by atoms with Crippen molar-refractivity contribution in [3.8, 4) is 5.75 Å². The van der Waals surface area contributed by atoms with Crippen molar-refractivity contribution in [2.24, 2.45) is 5.92 Å². The van der Waals surface area contributed by atoms with Crippen LogP contribution in [0.15, 0.2) is 36.4 Å². The normalized spacial score (nSPS) is 14.8. The molecule has 0 heterocycles. The molecule has 5 nitrogen and oxygen atoms in total. The van der Waals surface area contributed by atoms with Crippen LogP contribution in [0.4, 0.5) is 5.69 Å². The van der Waals surface area contributed by atoms with Crippen molar-refractivity contribution in [2.75, 3.05) is 26.0 Å². The number of anilines is 1. The van der Waals surface area contributed by atoms with Crippen LogP contribution in [0.25, 0.3) is 0 Å². The van der Waals surface area contributed by atoms with Gasteiger partial charge in [0.2, 0.25) is 0 Å². The molecule has 0 radical (unpaired) electrons. The molecule has 0 fully saturated rings. The third-order valence-electron chi connectivity index (χ3n) is 6.32. The molecule has 33 heavy (non-hydrogen) atoms. The van der Waals surface area contributed by atoms with Crippen LogP contribution in [0, 0.1) is 11.3 Å². The second kappa shape index (κ2) is 11.4. The maximum Gasteiger partial charge on any atom is 0.137 e. The molecule has 0 spiro atoms. The first-order valence-electron chi connectivity index (χ1n) is 12.2. The fraction of sp³-hybridized carbons (Fsp3) is 0.500. The third-order valence-corrected chi connectivity index (χ3v) is 6.32. The predicted octanol–water partition coefficient (Wildman–Crippen LogP) is 5.81. The standard InChI is InChI=1S/C28H39N3O2/c1-6-33-28-21(18-23(32)13-7-19(2)3)10-14-24-25(28)15-16-26(24)30-22-11-8-20(9-12-22)17-27(29)31(4)5/h8-12,14,19,26,29-30H,6-7,13,15-18H2,1-5H3. The highest BCUT2D eigenvalue weighted by molar-refractivity contribution is 5.82. The lowest BCUT2D eigenvalue weighted by Gasteiger charge is -2.19. The first-order valence-corrected chi connectivity index (χ1v) is 12.2. The predicted molar refractivity (Wildman–Crippen MR) is 137 cm³/mol. The number of carbonyl (C=O) groups excluding carboxylic acids is 1. The van der Waals surface area contributed by atoms with Gasteiger partial charge in [0.1, 0.15) is 11.5 Å². The molecule has 0 saturated carbocycles. The first kappa shape index (κ1) is 24.8. The average Bonchev–Trinajstić information content (AvgIpc) is 3.18. The van der Waals surface area contributed by atoms with E-state index in [0.717, 1.165) is 41.8 Å². The highest BCUT2D eigenvalue weighted by Crippen LogP contribution is 2.41. The number of hydrogen-bond donors (Lipinski definition) is 2. The van der Waals surface area contributed by atoms with Gasteiger partial charge in [-0.3, -0.25) is 10.2 Å². The number of hydrogen-bond acceptors (Lipinski definition) is 4. The number of Topliss-reactive ketones (excluding diaryl/α,β-unsaturated/α-hetero) is 1. The van der Waals surface area contributed by atoms with Gasteiger partial charge >= 0.3 is 0 Å². The Bertz CT molecular complexity index is 964. The SMILES string of the molecule is CCOc1c(CC(=O)CCC(C)C)ccc2c1CCC2Nc1ccc(CC(=N)N(C)C)cc1. The second-order valence-corrected chi connectivity index (χ2v) is 9.65. The number of fused-ring (bicyclic) bond motifs is 1. The van der Waals surface area contributed by atoms with Crippen LogP contribution in [-0.2, 0) is 24.1 Å². The van der Waals surface area contributed by atoms with Gasteiger partial charge in [-0.25, -0.2) is 0 Å². The Morgan fingerprint density at radius 3 is 2.52 bits per heavy atom. The van der Waals surface area contributed by atoms with Gasteiger partial charge in [-0.05, 0) is 60.9 Å². The zero-order valence-corrected chi connectivity index (χ0v) is 20.8. The van der Waals surface area contributed by atoms with Crippen molar-refractivity contribution >= 4 is 17.3 Å². The maximum absolute atomic E-state index is 12.5. The van der Waals surface area contributed by atoms with Gasteiger partial charge in [0.05, 0.1) is 18.5 Å². The molecule has 0 amide bonds. The second-order valence-electron chi connectivity index (χ2n) is 9.65. The molecule has 3 rings (SSSR count). The van der Waals surface area contributed by atoms with Crippen LogP contribution in [0.2, 0.25) is 0 Å². The molecule has 178 valence electrons. The lowest BCUT2D eigenvalue weighted by atomic mass is 9.97. The van der Waals surface area contributed by atoms with E-state index in [2.05, 4.69) is 55.6 Å². The summed E-state index contributed by atoms with van der Waals surface area (Å²) in [7, 11) is 3.80. The molecule has 0 aliphatic heterocycles. The van der Waals surface area contributed by atoms with Crippen LogP contribution >= 0.6 is 0 Å². The van der Waals surface area contributed by atoms with Crippen molar-refractivity contribution in [1.82, 2.24) is 4.90 Å². The minimum atomic E-state index is 0.232. The molecule has 2 N–H and O–H groups in total. The molecule has 1 aliphatic rings. The number of carbonyl (C=O) groups is 1. The van der Waals surface area contributed by atoms with Crippen LogP contribution in [0.3, 0.4) is 0 Å². The minimum absolute atomic E-state index is 0.232. The van der Waals surface area contributed by atoms with Gasteiger partial charge in [0.25, 0.3) is 0 Å². The van der Waals surface area contributed by atoms with Gasteiger partial charge in [-0.15, -0.1) is 0 Å². The van der Waals surface area contributed by atoms with Crippen LogP contribution < -0.4 is 10.1 Å². The largest absolute Gasteiger partial charge is 0.493 e. The monoisotopic (exact) mass is 449 g/mol. The summed E-state index contributed by atoms with van der Waals surface area (Å²) in [4.78, 5) is 14.4. The fourth-order valence-electron chi connectivity index (χ4n) is 4.36.